The van der Waals surface area contributed by atoms with Gasteiger partial charge in [0.2, 0.25) is 0 Å². The van der Waals surface area contributed by atoms with Gasteiger partial charge in [-0.25, -0.2) is 0 Å². The van der Waals surface area contributed by atoms with Crippen LogP contribution in [0.1, 0.15) is 27.7 Å². The highest BCUT2D eigenvalue weighted by atomic mass is 16.5. The van der Waals surface area contributed by atoms with E-state index >= 15 is 0 Å². The van der Waals surface area contributed by atoms with Crippen molar-refractivity contribution in [2.45, 2.75) is 27.7 Å². The zero-order valence-corrected chi connectivity index (χ0v) is 9.95. The average molecular weight is 216 g/mol. The van der Waals surface area contributed by atoms with Gasteiger partial charge in [-0.2, -0.15) is 0 Å². The first kappa shape index (κ1) is 19.9. The predicted molar refractivity (Wildman–Crippen MR) is 69.3 cm³/mol. The molecule has 0 saturated heterocycles. The van der Waals surface area contributed by atoms with Crippen molar-refractivity contribution in [1.82, 2.24) is 0 Å². The molecule has 0 bridgehead atoms. The summed E-state index contributed by atoms with van der Waals surface area (Å²) in [6.07, 6.45) is 7.08. The number of allylic oxidation sites excluding steroid dienone is 1. The standard InChI is InChI=1S/2C6H12O.CH4/c1-4-6(2)5-7-3;1-3-4-5-6-7-2;/h4,6H,1,5H2,2-3H3;4-5H,3,6H2,1-2H3;1H4. The van der Waals surface area contributed by atoms with Crippen LogP contribution in [0.3, 0.4) is 0 Å². The normalized spacial score (nSPS) is 11.2. The fraction of sp³-hybridized carbons (Fsp3) is 0.692. The van der Waals surface area contributed by atoms with Crippen molar-refractivity contribution in [3.63, 3.8) is 0 Å². The molecule has 0 radical (unpaired) electrons. The molecule has 2 heteroatoms. The number of hydrogen-bond acceptors (Lipinski definition) is 2. The minimum atomic E-state index is 0. The van der Waals surface area contributed by atoms with Crippen LogP contribution in [0, 0.1) is 5.92 Å². The molecule has 1 unspecified atom stereocenters. The van der Waals surface area contributed by atoms with E-state index in [1.807, 2.05) is 12.2 Å². The Morgan fingerprint density at radius 1 is 1.20 bits per heavy atom. The van der Waals surface area contributed by atoms with Crippen LogP contribution in [-0.2, 0) is 9.47 Å². The van der Waals surface area contributed by atoms with Crippen LogP contribution in [0.25, 0.3) is 0 Å². The molecule has 0 spiro atoms. The summed E-state index contributed by atoms with van der Waals surface area (Å²) < 4.78 is 9.58. The zero-order chi connectivity index (χ0) is 11.2. The average Bonchev–Trinajstić information content (AvgIpc) is 2.20. The van der Waals surface area contributed by atoms with Gasteiger partial charge >= 0.3 is 0 Å². The summed E-state index contributed by atoms with van der Waals surface area (Å²) >= 11 is 0. The lowest BCUT2D eigenvalue weighted by atomic mass is 10.2. The monoisotopic (exact) mass is 216 g/mol. The fourth-order valence-corrected chi connectivity index (χ4v) is 0.662. The third-order valence-electron chi connectivity index (χ3n) is 1.50. The first-order valence-corrected chi connectivity index (χ1v) is 4.98. The van der Waals surface area contributed by atoms with Crippen molar-refractivity contribution < 1.29 is 9.47 Å². The minimum absolute atomic E-state index is 0. The molecule has 0 aliphatic rings. The van der Waals surface area contributed by atoms with Gasteiger partial charge in [-0.1, -0.05) is 39.5 Å². The molecule has 0 saturated carbocycles. The molecule has 0 aromatic rings. The molecule has 0 aromatic heterocycles. The Morgan fingerprint density at radius 3 is 2.07 bits per heavy atom. The lowest BCUT2D eigenvalue weighted by molar-refractivity contribution is 0.176. The Hall–Kier alpha value is -0.600. The summed E-state index contributed by atoms with van der Waals surface area (Å²) in [6, 6.07) is 0. The summed E-state index contributed by atoms with van der Waals surface area (Å²) in [4.78, 5) is 0. The van der Waals surface area contributed by atoms with Gasteiger partial charge in [0.05, 0.1) is 13.2 Å². The van der Waals surface area contributed by atoms with Crippen molar-refractivity contribution >= 4 is 0 Å². The molecule has 2 nitrogen and oxygen atoms in total. The maximum absolute atomic E-state index is 4.82. The van der Waals surface area contributed by atoms with E-state index in [0.29, 0.717) is 5.92 Å². The van der Waals surface area contributed by atoms with E-state index in [9.17, 15) is 0 Å². The van der Waals surface area contributed by atoms with Crippen LogP contribution < -0.4 is 0 Å². The van der Waals surface area contributed by atoms with Gasteiger partial charge in [0.25, 0.3) is 0 Å². The molecule has 0 rings (SSSR count). The topological polar surface area (TPSA) is 18.5 Å². The van der Waals surface area contributed by atoms with Gasteiger partial charge in [-0.05, 0) is 12.3 Å². The first-order valence-electron chi connectivity index (χ1n) is 4.98. The van der Waals surface area contributed by atoms with Crippen LogP contribution in [-0.4, -0.2) is 27.4 Å². The SMILES string of the molecule is C.C=CC(C)COC.CCC=CCOC. The maximum atomic E-state index is 4.82. The molecule has 0 aliphatic carbocycles. The molecule has 0 aliphatic heterocycles. The Morgan fingerprint density at radius 2 is 1.80 bits per heavy atom. The highest BCUT2D eigenvalue weighted by Gasteiger charge is 1.89. The summed E-state index contributed by atoms with van der Waals surface area (Å²) in [5.41, 5.74) is 0. The van der Waals surface area contributed by atoms with Gasteiger partial charge in [0.15, 0.2) is 0 Å². The highest BCUT2D eigenvalue weighted by molar-refractivity contribution is 4.79. The summed E-state index contributed by atoms with van der Waals surface area (Å²) in [6.45, 7) is 9.29. The summed E-state index contributed by atoms with van der Waals surface area (Å²) in [5, 5.41) is 0. The van der Waals surface area contributed by atoms with E-state index in [0.717, 1.165) is 19.6 Å². The summed E-state index contributed by atoms with van der Waals surface area (Å²) in [5.74, 6) is 0.491. The number of ether oxygens (including phenoxy) is 2. The molecule has 0 fully saturated rings. The van der Waals surface area contributed by atoms with E-state index in [2.05, 4.69) is 26.5 Å². The first-order chi connectivity index (χ1) is 6.72. The molecular weight excluding hydrogens is 188 g/mol. The van der Waals surface area contributed by atoms with E-state index in [4.69, 9.17) is 9.47 Å². The molecule has 0 N–H and O–H groups in total. The predicted octanol–water partition coefficient (Wildman–Crippen LogP) is 3.69. The third kappa shape index (κ3) is 24.7. The van der Waals surface area contributed by atoms with Crippen molar-refractivity contribution in [2.24, 2.45) is 5.92 Å². The Labute approximate surface area is 96.0 Å². The van der Waals surface area contributed by atoms with Crippen molar-refractivity contribution in [2.75, 3.05) is 27.4 Å². The fourth-order valence-electron chi connectivity index (χ4n) is 0.662. The van der Waals surface area contributed by atoms with Gasteiger partial charge in [-0.15, -0.1) is 6.58 Å². The quantitative estimate of drug-likeness (QED) is 0.630. The second-order valence-corrected chi connectivity index (χ2v) is 3.00. The Bertz CT molecular complexity index is 130. The maximum Gasteiger partial charge on any atom is 0.0643 e. The van der Waals surface area contributed by atoms with E-state index in [1.54, 1.807) is 14.2 Å². The van der Waals surface area contributed by atoms with E-state index in [1.165, 1.54) is 0 Å². The van der Waals surface area contributed by atoms with Crippen LogP contribution in [0.4, 0.5) is 0 Å². The molecular formula is C13H28O2. The van der Waals surface area contributed by atoms with Crippen LogP contribution in [0.2, 0.25) is 0 Å². The van der Waals surface area contributed by atoms with Crippen LogP contribution in [0.5, 0.6) is 0 Å². The van der Waals surface area contributed by atoms with E-state index in [-0.39, 0.29) is 7.43 Å². The molecule has 0 aromatic carbocycles. The van der Waals surface area contributed by atoms with Gasteiger partial charge in [0.1, 0.15) is 0 Å². The molecule has 0 heterocycles. The lowest BCUT2D eigenvalue weighted by Gasteiger charge is -1.99. The molecule has 1 atom stereocenters. The van der Waals surface area contributed by atoms with Crippen molar-refractivity contribution in [1.29, 1.82) is 0 Å². The lowest BCUT2D eigenvalue weighted by Crippen LogP contribution is -1.97. The van der Waals surface area contributed by atoms with Gasteiger partial charge in [0, 0.05) is 14.2 Å². The van der Waals surface area contributed by atoms with Crippen molar-refractivity contribution in [3.8, 4) is 0 Å². The third-order valence-corrected chi connectivity index (χ3v) is 1.50. The van der Waals surface area contributed by atoms with Crippen LogP contribution >= 0.6 is 0 Å². The minimum Gasteiger partial charge on any atom is -0.384 e. The Balaban J connectivity index is -0.000000180. The number of rotatable bonds is 6. The number of methoxy groups -OCH3 is 2. The molecule has 0 amide bonds. The second-order valence-electron chi connectivity index (χ2n) is 3.00. The van der Waals surface area contributed by atoms with Gasteiger partial charge < -0.3 is 9.47 Å². The van der Waals surface area contributed by atoms with Crippen LogP contribution in [0.15, 0.2) is 24.8 Å². The molecule has 92 valence electrons. The zero-order valence-electron chi connectivity index (χ0n) is 9.95. The molecule has 15 heavy (non-hydrogen) atoms. The largest absolute Gasteiger partial charge is 0.384 e. The second kappa shape index (κ2) is 19.0. The Kier molecular flexibility index (Phi) is 25.3. The van der Waals surface area contributed by atoms with Gasteiger partial charge in [-0.3, -0.25) is 0 Å². The van der Waals surface area contributed by atoms with Crippen molar-refractivity contribution in [3.05, 3.63) is 24.8 Å². The number of hydrogen-bond donors (Lipinski definition) is 0. The van der Waals surface area contributed by atoms with E-state index < -0.39 is 0 Å². The smallest absolute Gasteiger partial charge is 0.0643 e. The highest BCUT2D eigenvalue weighted by Crippen LogP contribution is 1.92. The summed E-state index contributed by atoms with van der Waals surface area (Å²) in [7, 11) is 3.39.